The van der Waals surface area contributed by atoms with Crippen LogP contribution in [0.1, 0.15) is 27.9 Å². The van der Waals surface area contributed by atoms with Crippen LogP contribution in [0.25, 0.3) is 10.9 Å². The number of Topliss-reactive ketones (excluding diaryl/α,β-unsaturated/α-hetero) is 1. The van der Waals surface area contributed by atoms with Gasteiger partial charge < -0.3 is 10.1 Å². The number of ether oxygens (including phenoxy) is 1. The Labute approximate surface area is 192 Å². The molecule has 0 bridgehead atoms. The summed E-state index contributed by atoms with van der Waals surface area (Å²) in [6.45, 7) is 2.80. The van der Waals surface area contributed by atoms with Gasteiger partial charge in [-0.2, -0.15) is 0 Å². The molecule has 0 saturated carbocycles. The molecule has 7 nitrogen and oxygen atoms in total. The van der Waals surface area contributed by atoms with Crippen LogP contribution in [0.3, 0.4) is 0 Å². The molecule has 31 heavy (non-hydrogen) atoms. The molecule has 0 aliphatic carbocycles. The third kappa shape index (κ3) is 6.16. The van der Waals surface area contributed by atoms with Crippen LogP contribution in [0.4, 0.5) is 0 Å². The van der Waals surface area contributed by atoms with Gasteiger partial charge in [0.2, 0.25) is 5.91 Å². The molecule has 0 aliphatic rings. The number of fused-ring (bicyclic) bond motifs is 1. The summed E-state index contributed by atoms with van der Waals surface area (Å²) in [5.41, 5.74) is 0.339. The van der Waals surface area contributed by atoms with Crippen LogP contribution in [0.2, 0.25) is 5.02 Å². The minimum atomic E-state index is -0.165. The van der Waals surface area contributed by atoms with E-state index in [1.54, 1.807) is 35.9 Å². The number of hydrogen-bond donors (Lipinski definition) is 1. The Bertz CT molecular complexity index is 1160. The van der Waals surface area contributed by atoms with Crippen molar-refractivity contribution in [3.8, 4) is 0 Å². The molecule has 0 saturated heterocycles. The maximum absolute atomic E-state index is 13.0. The normalized spacial score (nSPS) is 11.1. The Balaban J connectivity index is 1.80. The first-order valence-corrected chi connectivity index (χ1v) is 11.7. The fraction of sp³-hybridized carbons (Fsp3) is 0.333. The topological polar surface area (TPSA) is 90.3 Å². The molecule has 10 heteroatoms. The highest BCUT2D eigenvalue weighted by Gasteiger charge is 2.16. The number of amides is 1. The van der Waals surface area contributed by atoms with E-state index in [1.807, 2.05) is 6.07 Å². The standard InChI is InChI=1S/C21H22ClN3O4S2/c1-13(26)23-11-15-5-7-19(31-15)18(27)12-30-21-24-17-10-14(22)4-6-16(17)20(28)25(21)8-3-9-29-2/h4-7,10H,3,8-9,11-12H2,1-2H3,(H,23,26). The minimum Gasteiger partial charge on any atom is -0.385 e. The van der Waals surface area contributed by atoms with Crippen molar-refractivity contribution in [1.29, 1.82) is 0 Å². The molecule has 0 spiro atoms. The molecule has 164 valence electrons. The number of thiophene rings is 1. The van der Waals surface area contributed by atoms with Gasteiger partial charge in [0.05, 0.1) is 28.1 Å². The van der Waals surface area contributed by atoms with Crippen molar-refractivity contribution in [1.82, 2.24) is 14.9 Å². The number of thioether (sulfide) groups is 1. The van der Waals surface area contributed by atoms with E-state index < -0.39 is 0 Å². The summed E-state index contributed by atoms with van der Waals surface area (Å²) in [7, 11) is 1.61. The molecule has 1 N–H and O–H groups in total. The average molecular weight is 480 g/mol. The molecule has 0 unspecified atom stereocenters. The van der Waals surface area contributed by atoms with Crippen molar-refractivity contribution in [2.45, 2.75) is 31.6 Å². The lowest BCUT2D eigenvalue weighted by atomic mass is 10.2. The predicted octanol–water partition coefficient (Wildman–Crippen LogP) is 3.76. The highest BCUT2D eigenvalue weighted by Crippen LogP contribution is 2.24. The van der Waals surface area contributed by atoms with Crippen LogP contribution in [0.5, 0.6) is 0 Å². The van der Waals surface area contributed by atoms with Crippen molar-refractivity contribution in [2.75, 3.05) is 19.5 Å². The second-order valence-corrected chi connectivity index (χ2v) is 9.29. The highest BCUT2D eigenvalue weighted by atomic mass is 35.5. The van der Waals surface area contributed by atoms with E-state index >= 15 is 0 Å². The van der Waals surface area contributed by atoms with Crippen LogP contribution < -0.4 is 10.9 Å². The summed E-state index contributed by atoms with van der Waals surface area (Å²) in [6, 6.07) is 8.57. The molecule has 0 fully saturated rings. The van der Waals surface area contributed by atoms with Gasteiger partial charge in [-0.15, -0.1) is 11.3 Å². The summed E-state index contributed by atoms with van der Waals surface area (Å²) < 4.78 is 6.69. The van der Waals surface area contributed by atoms with Gasteiger partial charge >= 0.3 is 0 Å². The second-order valence-electron chi connectivity index (χ2n) is 6.75. The van der Waals surface area contributed by atoms with Crippen molar-refractivity contribution < 1.29 is 14.3 Å². The maximum atomic E-state index is 13.0. The van der Waals surface area contributed by atoms with E-state index in [2.05, 4.69) is 10.3 Å². The van der Waals surface area contributed by atoms with Gasteiger partial charge in [-0.05, 0) is 36.8 Å². The number of hydrogen-bond acceptors (Lipinski definition) is 7. The third-order valence-electron chi connectivity index (χ3n) is 4.39. The van der Waals surface area contributed by atoms with Gasteiger partial charge in [-0.3, -0.25) is 19.0 Å². The third-order valence-corrected chi connectivity index (χ3v) is 6.73. The van der Waals surface area contributed by atoms with E-state index in [-0.39, 0.29) is 23.0 Å². The summed E-state index contributed by atoms with van der Waals surface area (Å²) >= 11 is 8.64. The van der Waals surface area contributed by atoms with E-state index in [1.165, 1.54) is 30.0 Å². The number of nitrogens with one attached hydrogen (secondary N) is 1. The number of carbonyl (C=O) groups excluding carboxylic acids is 2. The van der Waals surface area contributed by atoms with Gasteiger partial charge in [0, 0.05) is 37.1 Å². The Morgan fingerprint density at radius 1 is 1.29 bits per heavy atom. The molecule has 0 aliphatic heterocycles. The highest BCUT2D eigenvalue weighted by molar-refractivity contribution is 7.99. The molecule has 1 amide bonds. The number of nitrogens with zero attached hydrogens (tertiary/aromatic N) is 2. The quantitative estimate of drug-likeness (QED) is 0.206. The lowest BCUT2D eigenvalue weighted by molar-refractivity contribution is -0.119. The molecular formula is C21H22ClN3O4S2. The molecule has 1 aromatic carbocycles. The summed E-state index contributed by atoms with van der Waals surface area (Å²) in [6.07, 6.45) is 0.649. The van der Waals surface area contributed by atoms with Crippen molar-refractivity contribution >= 4 is 57.3 Å². The smallest absolute Gasteiger partial charge is 0.262 e. The number of halogens is 1. The van der Waals surface area contributed by atoms with Crippen molar-refractivity contribution in [2.24, 2.45) is 0 Å². The Morgan fingerprint density at radius 3 is 2.84 bits per heavy atom. The zero-order valence-electron chi connectivity index (χ0n) is 17.1. The number of carbonyl (C=O) groups is 2. The number of methoxy groups -OCH3 is 1. The Hall–Kier alpha value is -2.20. The molecule has 0 radical (unpaired) electrons. The first kappa shape index (κ1) is 23.5. The summed E-state index contributed by atoms with van der Waals surface area (Å²) in [5.74, 6) is -0.0400. The van der Waals surface area contributed by atoms with Gasteiger partial charge in [0.25, 0.3) is 5.56 Å². The van der Waals surface area contributed by atoms with E-state index in [4.69, 9.17) is 16.3 Å². The zero-order chi connectivity index (χ0) is 22.4. The van der Waals surface area contributed by atoms with Crippen molar-refractivity contribution in [3.63, 3.8) is 0 Å². The van der Waals surface area contributed by atoms with Gasteiger partial charge in [-0.1, -0.05) is 23.4 Å². The molecule has 3 rings (SSSR count). The lowest BCUT2D eigenvalue weighted by Gasteiger charge is -2.13. The van der Waals surface area contributed by atoms with Crippen LogP contribution in [-0.2, 0) is 22.6 Å². The lowest BCUT2D eigenvalue weighted by Crippen LogP contribution is -2.24. The molecular weight excluding hydrogens is 458 g/mol. The van der Waals surface area contributed by atoms with E-state index in [0.717, 1.165) is 4.88 Å². The average Bonchev–Trinajstić information content (AvgIpc) is 3.21. The fourth-order valence-corrected chi connectivity index (χ4v) is 4.94. The molecule has 2 aromatic heterocycles. The first-order chi connectivity index (χ1) is 14.9. The number of ketones is 1. The first-order valence-electron chi connectivity index (χ1n) is 9.57. The van der Waals surface area contributed by atoms with Gasteiger partial charge in [-0.25, -0.2) is 4.98 Å². The van der Waals surface area contributed by atoms with Crippen molar-refractivity contribution in [3.05, 3.63) is 55.5 Å². The molecule has 2 heterocycles. The van der Waals surface area contributed by atoms with Crippen LogP contribution in [-0.4, -0.2) is 40.7 Å². The summed E-state index contributed by atoms with van der Waals surface area (Å²) in [4.78, 5) is 42.9. The molecule has 3 aromatic rings. The van der Waals surface area contributed by atoms with Crippen LogP contribution in [0, 0.1) is 0 Å². The maximum Gasteiger partial charge on any atom is 0.262 e. The minimum absolute atomic E-state index is 0.0621. The fourth-order valence-electron chi connectivity index (χ4n) is 2.88. The Morgan fingerprint density at radius 2 is 2.10 bits per heavy atom. The van der Waals surface area contributed by atoms with Crippen LogP contribution in [0.15, 0.2) is 40.3 Å². The van der Waals surface area contributed by atoms with E-state index in [0.29, 0.717) is 52.1 Å². The molecule has 0 atom stereocenters. The second kappa shape index (κ2) is 10.9. The van der Waals surface area contributed by atoms with Gasteiger partial charge in [0.15, 0.2) is 10.9 Å². The zero-order valence-corrected chi connectivity index (χ0v) is 19.5. The van der Waals surface area contributed by atoms with Crippen LogP contribution >= 0.6 is 34.7 Å². The largest absolute Gasteiger partial charge is 0.385 e. The summed E-state index contributed by atoms with van der Waals surface area (Å²) in [5, 5.41) is 4.17. The SMILES string of the molecule is COCCCn1c(SCC(=O)c2ccc(CNC(C)=O)s2)nc2cc(Cl)ccc2c1=O. The van der Waals surface area contributed by atoms with E-state index in [9.17, 15) is 14.4 Å². The Kier molecular flexibility index (Phi) is 8.25. The monoisotopic (exact) mass is 479 g/mol. The number of aromatic nitrogens is 2. The predicted molar refractivity (Wildman–Crippen MR) is 124 cm³/mol. The number of benzene rings is 1. The number of rotatable bonds is 10. The van der Waals surface area contributed by atoms with Gasteiger partial charge in [0.1, 0.15) is 0 Å².